The minimum absolute atomic E-state index is 0.0359. The van der Waals surface area contributed by atoms with E-state index in [-0.39, 0.29) is 11.3 Å². The molecule has 0 fully saturated rings. The summed E-state index contributed by atoms with van der Waals surface area (Å²) in [6, 6.07) is 8.95. The van der Waals surface area contributed by atoms with Gasteiger partial charge in [-0.15, -0.1) is 0 Å². The first-order chi connectivity index (χ1) is 9.96. The molecule has 0 aromatic heterocycles. The highest BCUT2D eigenvalue weighted by molar-refractivity contribution is 7.93. The zero-order valence-corrected chi connectivity index (χ0v) is 11.7. The van der Waals surface area contributed by atoms with Gasteiger partial charge in [-0.25, -0.2) is 0 Å². The molecular weight excluding hydrogens is 290 g/mol. The Bertz CT molecular complexity index is 747. The van der Waals surface area contributed by atoms with Crippen LogP contribution in [-0.4, -0.2) is 14.1 Å². The van der Waals surface area contributed by atoms with Crippen LogP contribution < -0.4 is 10.2 Å². The molecule has 0 radical (unpaired) electrons. The highest BCUT2D eigenvalue weighted by Crippen LogP contribution is 2.10. The predicted octanol–water partition coefficient (Wildman–Crippen LogP) is 0.486. The van der Waals surface area contributed by atoms with Crippen molar-refractivity contribution in [2.75, 3.05) is 0 Å². The molecule has 21 heavy (non-hydrogen) atoms. The van der Waals surface area contributed by atoms with Gasteiger partial charge in [-0.1, -0.05) is 42.5 Å². The van der Waals surface area contributed by atoms with Crippen LogP contribution in [0.3, 0.4) is 0 Å². The van der Waals surface area contributed by atoms with Crippen molar-refractivity contribution in [1.29, 1.82) is 0 Å². The number of hydrogen-bond donors (Lipinski definition) is 0. The monoisotopic (exact) mass is 301 g/mol. The maximum Gasteiger partial charge on any atom is 0.276 e. The van der Waals surface area contributed by atoms with Gasteiger partial charge in [0.05, 0.1) is 11.1 Å². The third-order valence-corrected chi connectivity index (χ3v) is 3.51. The number of rotatable bonds is 3. The smallest absolute Gasteiger partial charge is 0.276 e. The lowest BCUT2D eigenvalue weighted by atomic mass is 10.1. The Balaban J connectivity index is 2.18. The van der Waals surface area contributed by atoms with Crippen LogP contribution in [0.25, 0.3) is 6.08 Å². The van der Waals surface area contributed by atoms with Crippen LogP contribution in [-0.2, 0) is 10.0 Å². The van der Waals surface area contributed by atoms with E-state index in [1.165, 1.54) is 30.4 Å². The Morgan fingerprint density at radius 2 is 1.62 bits per heavy atom. The highest BCUT2D eigenvalue weighted by atomic mass is 32.2. The molecule has 1 aromatic rings. The minimum Gasteiger partial charge on any atom is -0.884 e. The van der Waals surface area contributed by atoms with E-state index in [1.54, 1.807) is 24.3 Å². The Morgan fingerprint density at radius 3 is 2.19 bits per heavy atom. The molecule has 0 amide bonds. The van der Waals surface area contributed by atoms with Gasteiger partial charge < -0.3 is 10.2 Å². The molecule has 2 rings (SSSR count). The zero-order valence-electron chi connectivity index (χ0n) is 10.8. The van der Waals surface area contributed by atoms with Crippen molar-refractivity contribution in [1.82, 2.24) is 0 Å². The molecule has 1 aliphatic rings. The second kappa shape index (κ2) is 6.23. The number of hydrogen-bond acceptors (Lipinski definition) is 4. The van der Waals surface area contributed by atoms with Crippen LogP contribution in [0.15, 0.2) is 76.0 Å². The Morgan fingerprint density at radius 1 is 1.00 bits per heavy atom. The van der Waals surface area contributed by atoms with E-state index < -0.39 is 16.0 Å². The van der Waals surface area contributed by atoms with E-state index in [1.807, 2.05) is 6.07 Å². The fourth-order valence-electron chi connectivity index (χ4n) is 1.56. The van der Waals surface area contributed by atoms with Crippen molar-refractivity contribution in [2.24, 2.45) is 4.40 Å². The van der Waals surface area contributed by atoms with Gasteiger partial charge in [0.1, 0.15) is 0 Å². The molecule has 0 N–H and O–H groups in total. The predicted molar refractivity (Wildman–Crippen MR) is 77.1 cm³/mol. The van der Waals surface area contributed by atoms with Crippen molar-refractivity contribution in [3.05, 3.63) is 77.1 Å². The number of sulfonamides is 1. The van der Waals surface area contributed by atoms with E-state index >= 15 is 0 Å². The average molecular weight is 301 g/mol. The first-order valence-corrected chi connectivity index (χ1v) is 7.49. The maximum absolute atomic E-state index is 11.8. The second-order valence-corrected chi connectivity index (χ2v) is 5.64. The Hall–Kier alpha value is -2.60. The molecule has 108 valence electrons. The van der Waals surface area contributed by atoms with E-state index in [2.05, 4.69) is 4.40 Å². The van der Waals surface area contributed by atoms with Gasteiger partial charge in [0.15, 0.2) is 0 Å². The van der Waals surface area contributed by atoms with Crippen molar-refractivity contribution < 1.29 is 18.6 Å². The van der Waals surface area contributed by atoms with Gasteiger partial charge in [-0.2, -0.15) is 18.8 Å². The molecule has 0 spiro atoms. The van der Waals surface area contributed by atoms with Crippen LogP contribution in [0.5, 0.6) is 0 Å². The number of allylic oxidation sites excluding steroid dienone is 5. The van der Waals surface area contributed by atoms with Gasteiger partial charge >= 0.3 is 0 Å². The summed E-state index contributed by atoms with van der Waals surface area (Å²) in [5, 5.41) is 22.2. The molecule has 0 atom stereocenters. The molecule has 0 saturated carbocycles. The minimum atomic E-state index is -3.78. The van der Waals surface area contributed by atoms with Gasteiger partial charge in [0, 0.05) is 0 Å². The fourth-order valence-corrected chi connectivity index (χ4v) is 2.37. The molecule has 0 aliphatic heterocycles. The van der Waals surface area contributed by atoms with E-state index in [0.29, 0.717) is 0 Å². The number of nitrogens with zero attached hydrogens (tertiary/aromatic N) is 1. The fraction of sp³-hybridized carbons (Fsp3) is 0. The van der Waals surface area contributed by atoms with Crippen LogP contribution in [0, 0.1) is 0 Å². The SMILES string of the molecule is O=S(=O)(C=Cc1ccccc1)N=C1C=CC(=C([O-])[O-])C=C1. The molecule has 0 saturated heterocycles. The van der Waals surface area contributed by atoms with Crippen LogP contribution >= 0.6 is 0 Å². The molecule has 0 heterocycles. The summed E-state index contributed by atoms with van der Waals surface area (Å²) in [4.78, 5) is 0. The second-order valence-electron chi connectivity index (χ2n) is 4.15. The molecular formula is C15H11NO4S-2. The zero-order chi connectivity index (χ0) is 15.3. The van der Waals surface area contributed by atoms with E-state index in [9.17, 15) is 18.6 Å². The lowest BCUT2D eigenvalue weighted by Crippen LogP contribution is -2.20. The lowest BCUT2D eigenvalue weighted by molar-refractivity contribution is -0.514. The van der Waals surface area contributed by atoms with Gasteiger partial charge in [-0.3, -0.25) is 0 Å². The lowest BCUT2D eigenvalue weighted by Gasteiger charge is -2.21. The standard InChI is InChI=1S/C15H13NO4S/c17-15(18)13-6-8-14(9-7-13)16-21(19,20)11-10-12-4-2-1-3-5-12/h1-11,17-18H/p-2. The maximum atomic E-state index is 11.8. The van der Waals surface area contributed by atoms with E-state index in [4.69, 9.17) is 0 Å². The normalized spacial score (nSPS) is 14.7. The van der Waals surface area contributed by atoms with Crippen LogP contribution in [0.1, 0.15) is 5.56 Å². The molecule has 1 aromatic carbocycles. The Kier molecular flexibility index (Phi) is 4.39. The Labute approximate surface area is 122 Å². The summed E-state index contributed by atoms with van der Waals surface area (Å²) in [6.07, 6.45) is 6.53. The molecule has 0 unspecified atom stereocenters. The largest absolute Gasteiger partial charge is 0.884 e. The summed E-state index contributed by atoms with van der Waals surface area (Å²) >= 11 is 0. The summed E-state index contributed by atoms with van der Waals surface area (Å²) in [5.74, 6) is -1.33. The van der Waals surface area contributed by atoms with Gasteiger partial charge in [-0.05, 0) is 29.4 Å². The van der Waals surface area contributed by atoms with E-state index in [0.717, 1.165) is 11.0 Å². The quantitative estimate of drug-likeness (QED) is 0.759. The van der Waals surface area contributed by atoms with Crippen molar-refractivity contribution in [2.45, 2.75) is 0 Å². The topological polar surface area (TPSA) is 92.6 Å². The molecule has 0 bridgehead atoms. The first-order valence-electron chi connectivity index (χ1n) is 5.99. The van der Waals surface area contributed by atoms with Gasteiger partial charge in [0.2, 0.25) is 0 Å². The summed E-state index contributed by atoms with van der Waals surface area (Å²) < 4.78 is 27.2. The van der Waals surface area contributed by atoms with Crippen molar-refractivity contribution in [3.63, 3.8) is 0 Å². The van der Waals surface area contributed by atoms with Crippen molar-refractivity contribution >= 4 is 21.8 Å². The summed E-state index contributed by atoms with van der Waals surface area (Å²) in [5.41, 5.74) is 0.854. The third-order valence-electron chi connectivity index (χ3n) is 2.57. The molecule has 5 nitrogen and oxygen atoms in total. The summed E-state index contributed by atoms with van der Waals surface area (Å²) in [6.45, 7) is 0. The highest BCUT2D eigenvalue weighted by Gasteiger charge is 2.05. The van der Waals surface area contributed by atoms with Crippen LogP contribution in [0.2, 0.25) is 0 Å². The molecule has 6 heteroatoms. The van der Waals surface area contributed by atoms with Crippen molar-refractivity contribution in [3.8, 4) is 0 Å². The molecule has 1 aliphatic carbocycles. The number of benzene rings is 1. The average Bonchev–Trinajstić information content (AvgIpc) is 2.46. The van der Waals surface area contributed by atoms with Crippen LogP contribution in [0.4, 0.5) is 0 Å². The third kappa shape index (κ3) is 4.47. The first kappa shape index (κ1) is 14.8. The summed E-state index contributed by atoms with van der Waals surface area (Å²) in [7, 11) is -3.78. The van der Waals surface area contributed by atoms with Gasteiger partial charge in [0.25, 0.3) is 10.0 Å².